The predicted octanol–water partition coefficient (Wildman–Crippen LogP) is 11.5. The molecule has 0 radical (unpaired) electrons. The van der Waals surface area contributed by atoms with Crippen molar-refractivity contribution in [3.05, 3.63) is 168 Å². The van der Waals surface area contributed by atoms with Crippen LogP contribution in [-0.4, -0.2) is 34.0 Å². The Kier molecular flexibility index (Phi) is 7.82. The molecule has 2 aliphatic rings. The normalized spacial score (nSPS) is 11.9. The summed E-state index contributed by atoms with van der Waals surface area (Å²) in [6.45, 7) is 0. The molecule has 0 saturated carbocycles. The molecular formula is C46H36N6. The Labute approximate surface area is 302 Å². The predicted molar refractivity (Wildman–Crippen MR) is 219 cm³/mol. The fourth-order valence-electron chi connectivity index (χ4n) is 6.99. The summed E-state index contributed by atoms with van der Waals surface area (Å²) in [6, 6.07) is 50.9. The Morgan fingerprint density at radius 3 is 1.19 bits per heavy atom. The number of nitrogens with one attached hydrogen (secondary N) is 2. The van der Waals surface area contributed by atoms with Crippen LogP contribution >= 0.6 is 0 Å². The van der Waals surface area contributed by atoms with E-state index in [2.05, 4.69) is 192 Å². The molecule has 0 amide bonds. The van der Waals surface area contributed by atoms with Crippen LogP contribution in [0.4, 0.5) is 22.7 Å². The van der Waals surface area contributed by atoms with Gasteiger partial charge in [-0.2, -0.15) is 0 Å². The summed E-state index contributed by atoms with van der Waals surface area (Å²) < 4.78 is 0. The minimum atomic E-state index is 0.885. The lowest BCUT2D eigenvalue weighted by atomic mass is 10.0. The first kappa shape index (κ1) is 31.1. The van der Waals surface area contributed by atoms with Gasteiger partial charge in [0.1, 0.15) is 0 Å². The number of aromatic amines is 2. The highest BCUT2D eigenvalue weighted by atomic mass is 15.1. The summed E-state index contributed by atoms with van der Waals surface area (Å²) >= 11 is 0. The Balaban J connectivity index is 1.17. The molecule has 0 unspecified atom stereocenters. The SMILES string of the molecule is CN(c1ccccc1)c1ccc(-c2c3nc(cc4ccc([nH]4)c(-c4ccc(N(C)c5ccccc5)cc4)c4nc(cc5ccc2[nH]5)C=C4)C=C3)cc1. The molecule has 3 aromatic heterocycles. The summed E-state index contributed by atoms with van der Waals surface area (Å²) in [5.74, 6) is 0. The summed E-state index contributed by atoms with van der Waals surface area (Å²) in [5.41, 5.74) is 16.3. The fourth-order valence-corrected chi connectivity index (χ4v) is 6.99. The molecule has 250 valence electrons. The zero-order valence-corrected chi connectivity index (χ0v) is 29.0. The average Bonchev–Trinajstić information content (AvgIpc) is 4.03. The fraction of sp³-hybridized carbons (Fsp3) is 0.0435. The van der Waals surface area contributed by atoms with Crippen LogP contribution in [0.3, 0.4) is 0 Å². The van der Waals surface area contributed by atoms with Crippen LogP contribution in [0.15, 0.2) is 146 Å². The van der Waals surface area contributed by atoms with Gasteiger partial charge in [0.15, 0.2) is 0 Å². The highest BCUT2D eigenvalue weighted by Crippen LogP contribution is 2.35. The van der Waals surface area contributed by atoms with Crippen LogP contribution in [-0.2, 0) is 0 Å². The number of hydrogen-bond donors (Lipinski definition) is 2. The van der Waals surface area contributed by atoms with Gasteiger partial charge in [-0.15, -0.1) is 0 Å². The number of fused-ring (bicyclic) bond motifs is 8. The quantitative estimate of drug-likeness (QED) is 0.185. The third-order valence-electron chi connectivity index (χ3n) is 9.77. The van der Waals surface area contributed by atoms with Crippen molar-refractivity contribution < 1.29 is 0 Å². The lowest BCUT2D eigenvalue weighted by Gasteiger charge is -2.19. The largest absolute Gasteiger partial charge is 0.355 e. The maximum absolute atomic E-state index is 5.13. The molecule has 0 fully saturated rings. The molecule has 52 heavy (non-hydrogen) atoms. The molecule has 6 nitrogen and oxygen atoms in total. The van der Waals surface area contributed by atoms with E-state index >= 15 is 0 Å². The van der Waals surface area contributed by atoms with Crippen molar-refractivity contribution in [3.8, 4) is 22.3 Å². The first-order valence-corrected chi connectivity index (χ1v) is 17.4. The molecule has 7 aromatic rings. The monoisotopic (exact) mass is 672 g/mol. The van der Waals surface area contributed by atoms with Crippen LogP contribution < -0.4 is 9.80 Å². The summed E-state index contributed by atoms with van der Waals surface area (Å²) in [6.07, 6.45) is 8.37. The number of anilines is 4. The van der Waals surface area contributed by atoms with Gasteiger partial charge >= 0.3 is 0 Å². The van der Waals surface area contributed by atoms with Crippen molar-refractivity contribution in [1.29, 1.82) is 0 Å². The molecule has 4 aromatic carbocycles. The lowest BCUT2D eigenvalue weighted by molar-refractivity contribution is 1.21. The van der Waals surface area contributed by atoms with Gasteiger partial charge in [-0.1, -0.05) is 60.7 Å². The second kappa shape index (κ2) is 13.1. The molecule has 5 heterocycles. The molecule has 0 spiro atoms. The van der Waals surface area contributed by atoms with Gasteiger partial charge in [-0.25, -0.2) is 9.97 Å². The molecular weight excluding hydrogens is 637 g/mol. The van der Waals surface area contributed by atoms with E-state index in [4.69, 9.17) is 9.97 Å². The second-order valence-corrected chi connectivity index (χ2v) is 13.1. The Morgan fingerprint density at radius 2 is 0.788 bits per heavy atom. The summed E-state index contributed by atoms with van der Waals surface area (Å²) in [5, 5.41) is 0. The first-order valence-electron chi connectivity index (χ1n) is 17.4. The van der Waals surface area contributed by atoms with E-state index in [1.54, 1.807) is 0 Å². The van der Waals surface area contributed by atoms with Crippen LogP contribution in [0.25, 0.3) is 68.6 Å². The molecule has 0 saturated heterocycles. The van der Waals surface area contributed by atoms with Crippen molar-refractivity contribution in [2.75, 3.05) is 23.9 Å². The highest BCUT2D eigenvalue weighted by molar-refractivity contribution is 5.93. The average molecular weight is 673 g/mol. The number of aromatic nitrogens is 4. The van der Waals surface area contributed by atoms with E-state index in [0.29, 0.717) is 0 Å². The topological polar surface area (TPSA) is 63.8 Å². The standard InChI is InChI=1S/C46H36N6/c1-51(37-9-5-3-6-10-37)39-21-13-31(14-22-39)45-41-25-17-33(47-41)29-35-19-27-43(49-35)46(44-28-20-36(50-44)30-34-18-26-42(45)48-34)32-15-23-40(24-16-32)52(2)38-11-7-4-8-12-38/h3-30,47,50H,1-2H3. The zero-order valence-electron chi connectivity index (χ0n) is 29.0. The Bertz CT molecular complexity index is 2450. The van der Waals surface area contributed by atoms with E-state index in [1.165, 1.54) is 0 Å². The molecule has 8 bridgehead atoms. The Hall–Kier alpha value is -6.92. The van der Waals surface area contributed by atoms with Crippen molar-refractivity contribution in [1.82, 2.24) is 19.9 Å². The smallest absolute Gasteiger partial charge is 0.0736 e. The van der Waals surface area contributed by atoms with E-state index in [0.717, 1.165) is 89.8 Å². The van der Waals surface area contributed by atoms with Gasteiger partial charge in [0.2, 0.25) is 0 Å². The zero-order chi connectivity index (χ0) is 35.0. The number of benzene rings is 4. The van der Waals surface area contributed by atoms with Gasteiger partial charge in [-0.05, 0) is 120 Å². The van der Waals surface area contributed by atoms with E-state index in [1.807, 2.05) is 12.1 Å². The van der Waals surface area contributed by atoms with Crippen molar-refractivity contribution in [2.45, 2.75) is 0 Å². The van der Waals surface area contributed by atoms with Gasteiger partial charge in [0.05, 0.1) is 22.8 Å². The number of H-pyrrole nitrogens is 2. The van der Waals surface area contributed by atoms with Crippen LogP contribution in [0, 0.1) is 0 Å². The third kappa shape index (κ3) is 5.97. The van der Waals surface area contributed by atoms with Gasteiger partial charge in [0, 0.05) is 70.0 Å². The summed E-state index contributed by atoms with van der Waals surface area (Å²) in [4.78, 5) is 22.0. The molecule has 6 heteroatoms. The molecule has 9 rings (SSSR count). The van der Waals surface area contributed by atoms with Crippen molar-refractivity contribution in [2.24, 2.45) is 0 Å². The van der Waals surface area contributed by atoms with Crippen molar-refractivity contribution in [3.63, 3.8) is 0 Å². The van der Waals surface area contributed by atoms with Crippen LogP contribution in [0.5, 0.6) is 0 Å². The number of nitrogens with zero attached hydrogens (tertiary/aromatic N) is 4. The minimum absolute atomic E-state index is 0.885. The second-order valence-electron chi connectivity index (χ2n) is 13.1. The Morgan fingerprint density at radius 1 is 0.404 bits per heavy atom. The molecule has 0 atom stereocenters. The number of hydrogen-bond acceptors (Lipinski definition) is 4. The molecule has 2 aliphatic heterocycles. The van der Waals surface area contributed by atoms with Gasteiger partial charge < -0.3 is 19.8 Å². The van der Waals surface area contributed by atoms with Crippen LogP contribution in [0.2, 0.25) is 0 Å². The molecule has 2 N–H and O–H groups in total. The van der Waals surface area contributed by atoms with E-state index in [9.17, 15) is 0 Å². The third-order valence-corrected chi connectivity index (χ3v) is 9.77. The van der Waals surface area contributed by atoms with E-state index < -0.39 is 0 Å². The number of rotatable bonds is 6. The summed E-state index contributed by atoms with van der Waals surface area (Å²) in [7, 11) is 4.18. The van der Waals surface area contributed by atoms with Crippen molar-refractivity contribution >= 4 is 69.1 Å². The van der Waals surface area contributed by atoms with Crippen LogP contribution in [0.1, 0.15) is 22.8 Å². The lowest BCUT2D eigenvalue weighted by Crippen LogP contribution is -2.08. The maximum Gasteiger partial charge on any atom is 0.0736 e. The maximum atomic E-state index is 5.13. The number of para-hydroxylation sites is 2. The van der Waals surface area contributed by atoms with Gasteiger partial charge in [-0.3, -0.25) is 0 Å². The van der Waals surface area contributed by atoms with Gasteiger partial charge in [0.25, 0.3) is 0 Å². The first-order chi connectivity index (χ1) is 25.6. The highest BCUT2D eigenvalue weighted by Gasteiger charge is 2.15. The van der Waals surface area contributed by atoms with E-state index in [-0.39, 0.29) is 0 Å². The molecule has 0 aliphatic carbocycles. The minimum Gasteiger partial charge on any atom is -0.355 e.